The minimum absolute atomic E-state index is 0.0300. The molecule has 1 aliphatic carbocycles. The van der Waals surface area contributed by atoms with Crippen molar-refractivity contribution in [3.8, 4) is 11.5 Å². The highest BCUT2D eigenvalue weighted by atomic mass is 127. The average molecular weight is 608 g/mol. The number of aliphatic carboxylic acids is 1. The summed E-state index contributed by atoms with van der Waals surface area (Å²) in [5.41, 5.74) is 1.58. The summed E-state index contributed by atoms with van der Waals surface area (Å²) in [4.78, 5) is 27.3. The average Bonchev–Trinajstić information content (AvgIpc) is 3.13. The van der Waals surface area contributed by atoms with Crippen LogP contribution in [0, 0.1) is 9.49 Å². The van der Waals surface area contributed by atoms with Crippen LogP contribution in [0.1, 0.15) is 38.2 Å². The number of thioether (sulfide) groups is 1. The highest BCUT2D eigenvalue weighted by Crippen LogP contribution is 2.43. The van der Waals surface area contributed by atoms with Crippen molar-refractivity contribution < 1.29 is 24.2 Å². The van der Waals surface area contributed by atoms with Crippen LogP contribution in [0.5, 0.6) is 11.5 Å². The van der Waals surface area contributed by atoms with E-state index < -0.39 is 12.6 Å². The molecule has 2 aliphatic rings. The van der Waals surface area contributed by atoms with Crippen LogP contribution in [0.4, 0.5) is 5.69 Å². The molecule has 0 radical (unpaired) electrons. The summed E-state index contributed by atoms with van der Waals surface area (Å²) < 4.78 is 11.6. The van der Waals surface area contributed by atoms with Crippen LogP contribution in [0.3, 0.4) is 0 Å². The Bertz CT molecular complexity index is 1110. The minimum atomic E-state index is -1.06. The number of carboxylic acid groups (broad SMARTS) is 1. The van der Waals surface area contributed by atoms with Crippen molar-refractivity contribution in [2.75, 3.05) is 19.0 Å². The zero-order valence-corrected chi connectivity index (χ0v) is 22.7. The first-order chi connectivity index (χ1) is 16.9. The van der Waals surface area contributed by atoms with Gasteiger partial charge in [0.05, 0.1) is 15.6 Å². The van der Waals surface area contributed by atoms with Crippen LogP contribution in [0.15, 0.2) is 47.4 Å². The van der Waals surface area contributed by atoms with Gasteiger partial charge in [-0.15, -0.1) is 0 Å². The Morgan fingerprint density at radius 1 is 1.26 bits per heavy atom. The molecule has 4 rings (SSSR count). The number of benzene rings is 2. The van der Waals surface area contributed by atoms with Crippen LogP contribution in [-0.4, -0.2) is 47.1 Å². The first-order valence-corrected chi connectivity index (χ1v) is 13.6. The van der Waals surface area contributed by atoms with Gasteiger partial charge < -0.3 is 24.8 Å². The van der Waals surface area contributed by atoms with E-state index in [2.05, 4.69) is 34.8 Å². The number of anilines is 1. The summed E-state index contributed by atoms with van der Waals surface area (Å²) in [5, 5.41) is 12.5. The lowest BCUT2D eigenvalue weighted by molar-refractivity contribution is -0.139. The van der Waals surface area contributed by atoms with E-state index >= 15 is 0 Å². The maximum absolute atomic E-state index is 13.7. The number of ether oxygens (including phenoxy) is 2. The number of hydrogen-bond donors (Lipinski definition) is 2. The summed E-state index contributed by atoms with van der Waals surface area (Å²) >= 11 is 3.62. The summed E-state index contributed by atoms with van der Waals surface area (Å²) in [5.74, 6) is 0.222. The van der Waals surface area contributed by atoms with E-state index in [1.807, 2.05) is 47.4 Å². The Labute approximate surface area is 223 Å². The zero-order valence-electron chi connectivity index (χ0n) is 19.7. The van der Waals surface area contributed by atoms with Crippen LogP contribution in [-0.2, 0) is 9.59 Å². The van der Waals surface area contributed by atoms with E-state index in [0.717, 1.165) is 30.5 Å². The maximum atomic E-state index is 13.7. The molecular weight excluding hydrogens is 579 g/mol. The largest absolute Gasteiger partial charge is 0.493 e. The third kappa shape index (κ3) is 6.06. The molecule has 7 nitrogen and oxygen atoms in total. The molecule has 2 aromatic carbocycles. The van der Waals surface area contributed by atoms with Crippen molar-refractivity contribution in [2.45, 2.75) is 44.1 Å². The van der Waals surface area contributed by atoms with Gasteiger partial charge in [0.2, 0.25) is 0 Å². The molecule has 1 unspecified atom stereocenters. The zero-order chi connectivity index (χ0) is 24.9. The first-order valence-electron chi connectivity index (χ1n) is 11.6. The summed E-state index contributed by atoms with van der Waals surface area (Å²) in [7, 11) is 1.51. The highest BCUT2D eigenvalue weighted by Gasteiger charge is 2.42. The number of hydrogen-bond acceptors (Lipinski definition) is 6. The van der Waals surface area contributed by atoms with Crippen molar-refractivity contribution in [3.63, 3.8) is 0 Å². The van der Waals surface area contributed by atoms with E-state index in [4.69, 9.17) is 14.6 Å². The minimum Gasteiger partial charge on any atom is -0.493 e. The Morgan fingerprint density at radius 2 is 2.00 bits per heavy atom. The monoisotopic (exact) mass is 608 g/mol. The number of methoxy groups -OCH3 is 1. The fourth-order valence-corrected chi connectivity index (χ4v) is 6.61. The van der Waals surface area contributed by atoms with Crippen molar-refractivity contribution in [3.05, 3.63) is 56.5 Å². The summed E-state index contributed by atoms with van der Waals surface area (Å²) in [6, 6.07) is 13.8. The fourth-order valence-electron chi connectivity index (χ4n) is 4.62. The standard InChI is InChI=1S/C26H29IN2O5S/c1-16-8-6-7-11-20(16)29-25(32)22(35-26(29)28-18-9-4-3-5-10-18)14-17-12-19(27)24(21(13-17)33-2)34-15-23(30)31/h3-5,9-10,12-14,16,20,26,28H,6-8,11,15H2,1-2H3,(H,30,31)/b22-14-/t16-,20-,26?/m1/s1. The van der Waals surface area contributed by atoms with Gasteiger partial charge in [-0.2, -0.15) is 0 Å². The molecule has 1 saturated carbocycles. The van der Waals surface area contributed by atoms with Crippen LogP contribution >= 0.6 is 34.4 Å². The van der Waals surface area contributed by atoms with Gasteiger partial charge in [0.1, 0.15) is 0 Å². The highest BCUT2D eigenvalue weighted by molar-refractivity contribution is 14.1. The van der Waals surface area contributed by atoms with E-state index in [1.54, 1.807) is 6.07 Å². The molecule has 3 atom stereocenters. The molecule has 9 heteroatoms. The molecule has 1 saturated heterocycles. The van der Waals surface area contributed by atoms with Gasteiger partial charge in [0.15, 0.2) is 23.6 Å². The van der Waals surface area contributed by atoms with Crippen molar-refractivity contribution >= 4 is 58.0 Å². The topological polar surface area (TPSA) is 88.1 Å². The second kappa shape index (κ2) is 11.6. The summed E-state index contributed by atoms with van der Waals surface area (Å²) in [6.07, 6.45) is 6.36. The molecule has 1 heterocycles. The van der Waals surface area contributed by atoms with E-state index in [0.29, 0.717) is 25.9 Å². The van der Waals surface area contributed by atoms with Crippen LogP contribution in [0.2, 0.25) is 0 Å². The summed E-state index contributed by atoms with van der Waals surface area (Å²) in [6.45, 7) is 1.79. The molecule has 0 spiro atoms. The predicted molar refractivity (Wildman–Crippen MR) is 147 cm³/mol. The molecule has 1 aliphatic heterocycles. The third-order valence-electron chi connectivity index (χ3n) is 6.31. The van der Waals surface area contributed by atoms with Gasteiger partial charge in [-0.05, 0) is 77.3 Å². The molecule has 2 fully saturated rings. The second-order valence-electron chi connectivity index (χ2n) is 8.75. The van der Waals surface area contributed by atoms with E-state index in [-0.39, 0.29) is 17.4 Å². The van der Waals surface area contributed by atoms with Crippen LogP contribution in [0.25, 0.3) is 6.08 Å². The number of rotatable bonds is 8. The lowest BCUT2D eigenvalue weighted by Gasteiger charge is -2.39. The Morgan fingerprint density at radius 3 is 2.69 bits per heavy atom. The van der Waals surface area contributed by atoms with Gasteiger partial charge in [0.25, 0.3) is 5.91 Å². The molecular formula is C26H29IN2O5S. The lowest BCUT2D eigenvalue weighted by atomic mass is 9.85. The Kier molecular flexibility index (Phi) is 8.48. The fraction of sp³-hybridized carbons (Fsp3) is 0.385. The van der Waals surface area contributed by atoms with Crippen molar-refractivity contribution in [2.24, 2.45) is 5.92 Å². The second-order valence-corrected chi connectivity index (χ2v) is 11.0. The van der Waals surface area contributed by atoms with Crippen LogP contribution < -0.4 is 14.8 Å². The van der Waals surface area contributed by atoms with Gasteiger partial charge in [-0.25, -0.2) is 4.79 Å². The number of carbonyl (C=O) groups is 2. The quantitative estimate of drug-likeness (QED) is 0.296. The van der Waals surface area contributed by atoms with Crippen molar-refractivity contribution in [1.29, 1.82) is 0 Å². The van der Waals surface area contributed by atoms with Gasteiger partial charge >= 0.3 is 5.97 Å². The molecule has 0 aromatic heterocycles. The number of nitrogens with zero attached hydrogens (tertiary/aromatic N) is 1. The normalized spacial score (nSPS) is 23.4. The van der Waals surface area contributed by atoms with Gasteiger partial charge in [-0.3, -0.25) is 4.79 Å². The maximum Gasteiger partial charge on any atom is 0.341 e. The molecule has 0 bridgehead atoms. The van der Waals surface area contributed by atoms with Crippen molar-refractivity contribution in [1.82, 2.24) is 4.90 Å². The molecule has 186 valence electrons. The molecule has 2 N–H and O–H groups in total. The molecule has 35 heavy (non-hydrogen) atoms. The lowest BCUT2D eigenvalue weighted by Crippen LogP contribution is -2.48. The number of para-hydroxylation sites is 1. The Balaban J connectivity index is 1.65. The smallest absolute Gasteiger partial charge is 0.341 e. The first kappa shape index (κ1) is 25.7. The SMILES string of the molecule is COc1cc(/C=C2\SC(Nc3ccccc3)N([C@@H]3CCCC[C@H]3C)C2=O)cc(I)c1OCC(=O)O. The van der Waals surface area contributed by atoms with Gasteiger partial charge in [-0.1, -0.05) is 49.7 Å². The van der Waals surface area contributed by atoms with E-state index in [9.17, 15) is 9.59 Å². The third-order valence-corrected chi connectivity index (χ3v) is 8.23. The number of nitrogens with one attached hydrogen (secondary N) is 1. The van der Waals surface area contributed by atoms with Gasteiger partial charge in [0, 0.05) is 11.7 Å². The predicted octanol–water partition coefficient (Wildman–Crippen LogP) is 5.65. The molecule has 1 amide bonds. The number of halogens is 1. The number of carboxylic acids is 1. The number of amides is 1. The van der Waals surface area contributed by atoms with E-state index in [1.165, 1.54) is 25.3 Å². The number of carbonyl (C=O) groups excluding carboxylic acids is 1. The molecule has 2 aromatic rings. The Hall–Kier alpha value is -2.40.